The second-order valence-electron chi connectivity index (χ2n) is 4.91. The maximum Gasteiger partial charge on any atom is 0.317 e. The zero-order valence-corrected chi connectivity index (χ0v) is 9.13. The molecule has 2 N–H and O–H groups in total. The standard InChI is InChI=1S/C11H17NO4/c13-10(14)4-7-1-2-9-3-8(7)5-12(9)6-11(15)16/h7-9H,1-6H2,(H,13,14)(H,15,16). The zero-order chi connectivity index (χ0) is 11.7. The van der Waals surface area contributed by atoms with E-state index in [0.717, 1.165) is 25.8 Å². The van der Waals surface area contributed by atoms with Crippen LogP contribution in [-0.4, -0.2) is 46.2 Å². The molecule has 0 aromatic carbocycles. The summed E-state index contributed by atoms with van der Waals surface area (Å²) in [6, 6.07) is 0.367. The number of fused-ring (bicyclic) bond motifs is 2. The third-order valence-electron chi connectivity index (χ3n) is 3.87. The Morgan fingerprint density at radius 2 is 1.94 bits per heavy atom. The number of rotatable bonds is 4. The fraction of sp³-hybridized carbons (Fsp3) is 0.818. The van der Waals surface area contributed by atoms with Gasteiger partial charge in [0.1, 0.15) is 0 Å². The predicted octanol–water partition coefficient (Wildman–Crippen LogP) is 0.646. The Hall–Kier alpha value is -1.10. The van der Waals surface area contributed by atoms with E-state index in [1.807, 2.05) is 4.90 Å². The van der Waals surface area contributed by atoms with E-state index >= 15 is 0 Å². The highest BCUT2D eigenvalue weighted by Crippen LogP contribution is 2.40. The van der Waals surface area contributed by atoms with Crippen molar-refractivity contribution in [3.63, 3.8) is 0 Å². The first-order chi connectivity index (χ1) is 7.56. The van der Waals surface area contributed by atoms with Gasteiger partial charge < -0.3 is 10.2 Å². The second-order valence-corrected chi connectivity index (χ2v) is 4.91. The topological polar surface area (TPSA) is 77.8 Å². The highest BCUT2D eigenvalue weighted by Gasteiger charge is 2.41. The van der Waals surface area contributed by atoms with Gasteiger partial charge in [0.2, 0.25) is 0 Å². The third-order valence-corrected chi connectivity index (χ3v) is 3.87. The highest BCUT2D eigenvalue weighted by atomic mass is 16.4. The molecule has 5 nitrogen and oxygen atoms in total. The first-order valence-electron chi connectivity index (χ1n) is 5.74. The largest absolute Gasteiger partial charge is 0.481 e. The van der Waals surface area contributed by atoms with Crippen molar-refractivity contribution in [2.75, 3.05) is 13.1 Å². The number of likely N-dealkylation sites (tertiary alicyclic amines) is 1. The lowest BCUT2D eigenvalue weighted by Crippen LogP contribution is -2.33. The third kappa shape index (κ3) is 2.35. The number of hydrogen-bond acceptors (Lipinski definition) is 3. The summed E-state index contributed by atoms with van der Waals surface area (Å²) in [5.74, 6) is -0.899. The van der Waals surface area contributed by atoms with Crippen LogP contribution in [0.4, 0.5) is 0 Å². The number of carbonyl (C=O) groups is 2. The van der Waals surface area contributed by atoms with Crippen LogP contribution in [0.15, 0.2) is 0 Å². The molecule has 2 bridgehead atoms. The van der Waals surface area contributed by atoms with Crippen molar-refractivity contribution in [3.8, 4) is 0 Å². The average Bonchev–Trinajstić information content (AvgIpc) is 2.48. The van der Waals surface area contributed by atoms with E-state index in [2.05, 4.69) is 0 Å². The molecule has 1 aliphatic carbocycles. The van der Waals surface area contributed by atoms with Gasteiger partial charge in [-0.15, -0.1) is 0 Å². The first-order valence-corrected chi connectivity index (χ1v) is 5.74. The number of nitrogens with zero attached hydrogens (tertiary/aromatic N) is 1. The molecule has 0 aromatic heterocycles. The maximum atomic E-state index is 10.7. The summed E-state index contributed by atoms with van der Waals surface area (Å²) < 4.78 is 0. The van der Waals surface area contributed by atoms with Crippen molar-refractivity contribution in [3.05, 3.63) is 0 Å². The van der Waals surface area contributed by atoms with Crippen molar-refractivity contribution < 1.29 is 19.8 Å². The molecular formula is C11H17NO4. The summed E-state index contributed by atoms with van der Waals surface area (Å²) in [6.07, 6.45) is 3.09. The van der Waals surface area contributed by atoms with Crippen molar-refractivity contribution in [2.45, 2.75) is 31.7 Å². The van der Waals surface area contributed by atoms with E-state index in [-0.39, 0.29) is 18.9 Å². The van der Waals surface area contributed by atoms with Gasteiger partial charge in [-0.25, -0.2) is 0 Å². The molecule has 1 saturated carbocycles. The lowest BCUT2D eigenvalue weighted by Gasteiger charge is -2.27. The van der Waals surface area contributed by atoms with E-state index in [9.17, 15) is 9.59 Å². The number of carboxylic acid groups (broad SMARTS) is 2. The van der Waals surface area contributed by atoms with Gasteiger partial charge in [-0.05, 0) is 31.1 Å². The summed E-state index contributed by atoms with van der Waals surface area (Å²) in [5, 5.41) is 17.6. The average molecular weight is 227 g/mol. The minimum atomic E-state index is -0.790. The van der Waals surface area contributed by atoms with Crippen LogP contribution in [0.2, 0.25) is 0 Å². The van der Waals surface area contributed by atoms with E-state index < -0.39 is 11.9 Å². The Labute approximate surface area is 94.0 Å². The Balaban J connectivity index is 1.94. The number of hydrogen-bond donors (Lipinski definition) is 2. The van der Waals surface area contributed by atoms with Crippen LogP contribution in [-0.2, 0) is 9.59 Å². The number of carboxylic acids is 2. The van der Waals surface area contributed by atoms with Crippen LogP contribution in [0.1, 0.15) is 25.7 Å². The molecule has 2 fully saturated rings. The molecule has 3 unspecified atom stereocenters. The van der Waals surface area contributed by atoms with E-state index in [1.54, 1.807) is 0 Å². The normalized spacial score (nSPS) is 33.9. The fourth-order valence-corrected chi connectivity index (χ4v) is 3.17. The molecule has 90 valence electrons. The first kappa shape index (κ1) is 11.4. The van der Waals surface area contributed by atoms with Crippen LogP contribution in [0.3, 0.4) is 0 Å². The minimum Gasteiger partial charge on any atom is -0.481 e. The maximum absolute atomic E-state index is 10.7. The summed E-state index contributed by atoms with van der Waals surface area (Å²) in [5.41, 5.74) is 0. The minimum absolute atomic E-state index is 0.0982. The van der Waals surface area contributed by atoms with E-state index in [1.165, 1.54) is 0 Å². The van der Waals surface area contributed by atoms with Gasteiger partial charge in [0.05, 0.1) is 6.54 Å². The summed E-state index contributed by atoms with van der Waals surface area (Å²) in [7, 11) is 0. The van der Waals surface area contributed by atoms with Gasteiger partial charge in [-0.1, -0.05) is 0 Å². The Bertz CT molecular complexity index is 290. The number of aliphatic carboxylic acids is 2. The van der Waals surface area contributed by atoms with Gasteiger partial charge in [-0.2, -0.15) is 0 Å². The molecule has 1 heterocycles. The molecule has 5 heteroatoms. The lowest BCUT2D eigenvalue weighted by molar-refractivity contribution is -0.139. The molecule has 0 aromatic rings. The Morgan fingerprint density at radius 3 is 2.56 bits per heavy atom. The molecule has 2 rings (SSSR count). The monoisotopic (exact) mass is 227 g/mol. The molecular weight excluding hydrogens is 210 g/mol. The molecule has 2 aliphatic rings. The molecule has 1 saturated heterocycles. The Kier molecular flexibility index (Phi) is 3.14. The highest BCUT2D eigenvalue weighted by molar-refractivity contribution is 5.69. The van der Waals surface area contributed by atoms with Crippen LogP contribution in [0, 0.1) is 11.8 Å². The Morgan fingerprint density at radius 1 is 1.19 bits per heavy atom. The second kappa shape index (κ2) is 4.41. The quantitative estimate of drug-likeness (QED) is 0.737. The van der Waals surface area contributed by atoms with Crippen LogP contribution in [0.5, 0.6) is 0 Å². The summed E-state index contributed by atoms with van der Waals surface area (Å²) in [4.78, 5) is 23.4. The van der Waals surface area contributed by atoms with Gasteiger partial charge in [0, 0.05) is 19.0 Å². The van der Waals surface area contributed by atoms with E-state index in [4.69, 9.17) is 10.2 Å². The summed E-state index contributed by atoms with van der Waals surface area (Å²) in [6.45, 7) is 0.857. The van der Waals surface area contributed by atoms with Crippen molar-refractivity contribution >= 4 is 11.9 Å². The van der Waals surface area contributed by atoms with Crippen molar-refractivity contribution in [2.24, 2.45) is 11.8 Å². The molecule has 3 atom stereocenters. The predicted molar refractivity (Wildman–Crippen MR) is 56.1 cm³/mol. The molecule has 0 radical (unpaired) electrons. The molecule has 0 spiro atoms. The zero-order valence-electron chi connectivity index (χ0n) is 9.13. The van der Waals surface area contributed by atoms with Gasteiger partial charge >= 0.3 is 11.9 Å². The SMILES string of the molecule is O=C(O)CC1CCC2CC1CN2CC(=O)O. The van der Waals surface area contributed by atoms with Crippen molar-refractivity contribution in [1.82, 2.24) is 4.90 Å². The van der Waals surface area contributed by atoms with Crippen LogP contribution < -0.4 is 0 Å². The molecule has 16 heavy (non-hydrogen) atoms. The van der Waals surface area contributed by atoms with Crippen molar-refractivity contribution in [1.29, 1.82) is 0 Å². The van der Waals surface area contributed by atoms with Gasteiger partial charge in [-0.3, -0.25) is 14.5 Å². The van der Waals surface area contributed by atoms with Crippen LogP contribution >= 0.6 is 0 Å². The smallest absolute Gasteiger partial charge is 0.317 e. The van der Waals surface area contributed by atoms with E-state index in [0.29, 0.717) is 12.0 Å². The lowest BCUT2D eigenvalue weighted by atomic mass is 9.78. The molecule has 0 amide bonds. The summed E-state index contributed by atoms with van der Waals surface area (Å²) >= 11 is 0. The van der Waals surface area contributed by atoms with Gasteiger partial charge in [0.25, 0.3) is 0 Å². The van der Waals surface area contributed by atoms with Crippen LogP contribution in [0.25, 0.3) is 0 Å². The molecule has 1 aliphatic heterocycles. The van der Waals surface area contributed by atoms with Gasteiger partial charge in [0.15, 0.2) is 0 Å². The fourth-order valence-electron chi connectivity index (χ4n) is 3.17.